The van der Waals surface area contributed by atoms with Crippen LogP contribution in [0.1, 0.15) is 101 Å². The molecule has 4 heterocycles. The Morgan fingerprint density at radius 1 is 0.959 bits per heavy atom. The van der Waals surface area contributed by atoms with Crippen LogP contribution in [0, 0.1) is 11.8 Å². The van der Waals surface area contributed by atoms with E-state index in [1.807, 2.05) is 13.8 Å². The van der Waals surface area contributed by atoms with Gasteiger partial charge in [0.1, 0.15) is 16.9 Å². The molecule has 0 saturated carbocycles. The van der Waals surface area contributed by atoms with Crippen molar-refractivity contribution in [3.8, 4) is 5.75 Å². The van der Waals surface area contributed by atoms with E-state index >= 15 is 0 Å². The lowest BCUT2D eigenvalue weighted by molar-refractivity contribution is -0.188. The third-order valence-electron chi connectivity index (χ3n) is 9.78. The van der Waals surface area contributed by atoms with Gasteiger partial charge in [0.05, 0.1) is 18.8 Å². The first kappa shape index (κ1) is 36.3. The Hall–Kier alpha value is -3.95. The fourth-order valence-corrected chi connectivity index (χ4v) is 7.01. The summed E-state index contributed by atoms with van der Waals surface area (Å²) in [6.45, 7) is 11.5. The van der Waals surface area contributed by atoms with Gasteiger partial charge < -0.3 is 28.5 Å². The highest BCUT2D eigenvalue weighted by atomic mass is 16.6. The lowest BCUT2D eigenvalue weighted by Crippen LogP contribution is -2.52. The normalized spacial score (nSPS) is 21.2. The molecule has 2 bridgehead atoms. The van der Waals surface area contributed by atoms with Gasteiger partial charge in [-0.05, 0) is 94.0 Å². The van der Waals surface area contributed by atoms with Crippen LogP contribution in [0.3, 0.4) is 0 Å². The zero-order valence-corrected chi connectivity index (χ0v) is 29.9. The first-order valence-electron chi connectivity index (χ1n) is 17.4. The molecule has 3 aliphatic heterocycles. The Labute approximate surface area is 288 Å². The predicted octanol–water partition coefficient (Wildman–Crippen LogP) is 7.11. The summed E-state index contributed by atoms with van der Waals surface area (Å²) in [5.41, 5.74) is 2.96. The van der Waals surface area contributed by atoms with Gasteiger partial charge in [-0.15, -0.1) is 0 Å². The molecule has 0 saturated heterocycles. The number of hydrogen-bond donors (Lipinski definition) is 1. The van der Waals surface area contributed by atoms with E-state index in [4.69, 9.17) is 23.4 Å². The maximum Gasteiger partial charge on any atom is 0.339 e. The van der Waals surface area contributed by atoms with Gasteiger partial charge in [-0.1, -0.05) is 50.1 Å². The number of benzene rings is 2. The molecule has 3 atom stereocenters. The molecule has 6 rings (SSSR count). The molecule has 9 nitrogen and oxygen atoms in total. The molecule has 0 spiro atoms. The molecule has 0 unspecified atom stereocenters. The lowest BCUT2D eigenvalue weighted by Gasteiger charge is -2.43. The maximum atomic E-state index is 14.1. The van der Waals surface area contributed by atoms with Crippen molar-refractivity contribution in [3.63, 3.8) is 0 Å². The van der Waals surface area contributed by atoms with Crippen LogP contribution in [0.2, 0.25) is 0 Å². The number of carbonyl (C=O) groups excluding carboxylic acids is 2. The molecule has 0 fully saturated rings. The Morgan fingerprint density at radius 3 is 2.33 bits per heavy atom. The third kappa shape index (κ3) is 8.10. The van der Waals surface area contributed by atoms with Crippen molar-refractivity contribution in [3.05, 3.63) is 85.8 Å². The number of ether oxygens (including phenoxy) is 4. The minimum atomic E-state index is -1.16. The molecule has 0 radical (unpaired) electrons. The molecule has 1 aromatic heterocycles. The van der Waals surface area contributed by atoms with Gasteiger partial charge in [0.2, 0.25) is 0 Å². The quantitative estimate of drug-likeness (QED) is 0.159. The monoisotopic (exact) mass is 674 g/mol. The van der Waals surface area contributed by atoms with E-state index in [1.54, 1.807) is 26.0 Å². The summed E-state index contributed by atoms with van der Waals surface area (Å²) < 4.78 is 30.3. The largest absolute Gasteiger partial charge is 0.483 e. The molecular formula is C40H50O9. The average molecular weight is 675 g/mol. The molecule has 2 aromatic carbocycles. The van der Waals surface area contributed by atoms with Crippen LogP contribution in [0.15, 0.2) is 56.8 Å². The fourth-order valence-electron chi connectivity index (χ4n) is 7.01. The topological polar surface area (TPSA) is 122 Å². The smallest absolute Gasteiger partial charge is 0.339 e. The first-order chi connectivity index (χ1) is 23.3. The second-order valence-corrected chi connectivity index (χ2v) is 14.6. The van der Waals surface area contributed by atoms with Crippen LogP contribution in [-0.4, -0.2) is 42.5 Å². The minimum Gasteiger partial charge on any atom is -0.483 e. The predicted molar refractivity (Wildman–Crippen MR) is 186 cm³/mol. The SMILES string of the molecule is COCCc1c(CO)c2ccc3c(c2oc1=O)[C@H]1OC(=O)C[C@@H](CCC(C)C)Cc2ccc(cc2)CCC(=C(C)C)C(=O)O[C@@H]1C(C)(C)O3. The van der Waals surface area contributed by atoms with E-state index < -0.39 is 42.0 Å². The Bertz CT molecular complexity index is 1760. The minimum absolute atomic E-state index is 0.0223. The maximum absolute atomic E-state index is 14.1. The van der Waals surface area contributed by atoms with Crippen LogP contribution in [0.25, 0.3) is 11.0 Å². The molecule has 0 aliphatic carbocycles. The second kappa shape index (κ2) is 15.3. The number of rotatable bonds is 7. The molecule has 9 heteroatoms. The van der Waals surface area contributed by atoms with E-state index in [-0.39, 0.29) is 30.9 Å². The number of aliphatic hydroxyl groups excluding tert-OH is 1. The van der Waals surface area contributed by atoms with Crippen LogP contribution in [0.4, 0.5) is 0 Å². The average Bonchev–Trinajstić information content (AvgIpc) is 3.03. The zero-order valence-electron chi connectivity index (χ0n) is 29.9. The summed E-state index contributed by atoms with van der Waals surface area (Å²) in [5.74, 6) is -0.142. The van der Waals surface area contributed by atoms with E-state index in [1.165, 1.54) is 7.11 Å². The van der Waals surface area contributed by atoms with Crippen LogP contribution >= 0.6 is 0 Å². The number of hydrogen-bond acceptors (Lipinski definition) is 9. The van der Waals surface area contributed by atoms with Crippen molar-refractivity contribution in [1.29, 1.82) is 0 Å². The van der Waals surface area contributed by atoms with Gasteiger partial charge in [-0.2, -0.15) is 0 Å². The molecule has 3 aromatic rings. The number of allylic oxidation sites excluding steroid dienone is 1. The van der Waals surface area contributed by atoms with Crippen LogP contribution < -0.4 is 10.4 Å². The number of methoxy groups -OCH3 is 1. The Kier molecular flexibility index (Phi) is 11.3. The summed E-state index contributed by atoms with van der Waals surface area (Å²) in [6.07, 6.45) is 1.79. The van der Waals surface area contributed by atoms with E-state index in [0.29, 0.717) is 52.2 Å². The number of esters is 2. The van der Waals surface area contributed by atoms with Crippen molar-refractivity contribution < 1.29 is 38.1 Å². The molecular weight excluding hydrogens is 624 g/mol. The van der Waals surface area contributed by atoms with Crippen molar-refractivity contribution in [2.24, 2.45) is 11.8 Å². The standard InChI is InChI=1S/C40H50O9/c1-23(2)8-9-27-20-26-12-10-25(11-13-26)14-15-28(24(3)4)38(43)48-37-36(46-33(42)21-27)34-32(49-40(37,5)6)17-16-29-31(22-41)30(18-19-45-7)39(44)47-35(29)34/h10-13,16-17,23,27,36-37,41H,8-9,14-15,18-22H2,1-7H3/t27-,36+,37-/m0/s1. The van der Waals surface area contributed by atoms with Crippen molar-refractivity contribution >= 4 is 22.9 Å². The summed E-state index contributed by atoms with van der Waals surface area (Å²) in [5, 5.41) is 10.9. The molecule has 49 heavy (non-hydrogen) atoms. The van der Waals surface area contributed by atoms with Crippen molar-refractivity contribution in [2.75, 3.05) is 13.7 Å². The van der Waals surface area contributed by atoms with Crippen molar-refractivity contribution in [2.45, 2.75) is 111 Å². The van der Waals surface area contributed by atoms with E-state index in [2.05, 4.69) is 38.1 Å². The number of fused-ring (bicyclic) bond motifs is 13. The van der Waals surface area contributed by atoms with Gasteiger partial charge in [-0.25, -0.2) is 9.59 Å². The molecule has 264 valence electrons. The summed E-state index contributed by atoms with van der Waals surface area (Å²) in [6, 6.07) is 11.9. The van der Waals surface area contributed by atoms with Gasteiger partial charge in [0.25, 0.3) is 0 Å². The molecule has 3 aliphatic rings. The summed E-state index contributed by atoms with van der Waals surface area (Å²) >= 11 is 0. The first-order valence-corrected chi connectivity index (χ1v) is 17.4. The molecule has 1 N–H and O–H groups in total. The number of aliphatic hydroxyl groups is 1. The van der Waals surface area contributed by atoms with Gasteiger partial charge in [0, 0.05) is 36.5 Å². The molecule has 0 amide bonds. The Balaban J connectivity index is 1.67. The lowest BCUT2D eigenvalue weighted by atomic mass is 9.85. The van der Waals surface area contributed by atoms with Gasteiger partial charge in [-0.3, -0.25) is 4.79 Å². The number of aryl methyl sites for hydroxylation is 1. The summed E-state index contributed by atoms with van der Waals surface area (Å²) in [4.78, 5) is 41.5. The third-order valence-corrected chi connectivity index (χ3v) is 9.78. The highest BCUT2D eigenvalue weighted by Gasteiger charge is 2.50. The van der Waals surface area contributed by atoms with Crippen LogP contribution in [0.5, 0.6) is 5.75 Å². The van der Waals surface area contributed by atoms with Crippen molar-refractivity contribution in [1.82, 2.24) is 0 Å². The van der Waals surface area contributed by atoms with E-state index in [9.17, 15) is 19.5 Å². The van der Waals surface area contributed by atoms with Gasteiger partial charge >= 0.3 is 17.6 Å². The highest BCUT2D eigenvalue weighted by Crippen LogP contribution is 2.47. The highest BCUT2D eigenvalue weighted by molar-refractivity contribution is 5.90. The Morgan fingerprint density at radius 2 is 1.67 bits per heavy atom. The fraction of sp³-hybridized carbons (Fsp3) is 0.525. The van der Waals surface area contributed by atoms with E-state index in [0.717, 1.165) is 36.0 Å². The zero-order chi connectivity index (χ0) is 35.5. The van der Waals surface area contributed by atoms with Crippen LogP contribution in [-0.2, 0) is 49.7 Å². The second-order valence-electron chi connectivity index (χ2n) is 14.6. The summed E-state index contributed by atoms with van der Waals surface area (Å²) in [7, 11) is 1.53. The van der Waals surface area contributed by atoms with Gasteiger partial charge in [0.15, 0.2) is 12.2 Å². The number of carbonyl (C=O) groups is 2.